The lowest BCUT2D eigenvalue weighted by molar-refractivity contribution is -0.140. The van der Waals surface area contributed by atoms with Crippen molar-refractivity contribution >= 4 is 26.0 Å². The normalized spacial score (nSPS) is 13.2. The first kappa shape index (κ1) is 32.2. The van der Waals surface area contributed by atoms with Crippen LogP contribution < -0.4 is 5.32 Å². The lowest BCUT2D eigenvalue weighted by atomic mass is 9.98. The number of hydrogen-bond acceptors (Lipinski definition) is 6. The van der Waals surface area contributed by atoms with Crippen LogP contribution >= 0.6 is 0 Å². The zero-order valence-corrected chi connectivity index (χ0v) is 23.9. The molecule has 2 N–H and O–H groups in total. The van der Waals surface area contributed by atoms with Crippen molar-refractivity contribution in [2.24, 2.45) is 0 Å². The summed E-state index contributed by atoms with van der Waals surface area (Å²) in [6.07, 6.45) is -1.28. The minimum atomic E-state index is -4.91. The van der Waals surface area contributed by atoms with E-state index in [0.29, 0.717) is 11.6 Å². The fourth-order valence-electron chi connectivity index (χ4n) is 4.34. The Morgan fingerprint density at radius 2 is 1.76 bits per heavy atom. The SMILES string of the molecule is Cc1cnccc1-c1cccc(C(C)N(CCCCNC(=O)CS(=O)(=O)O)S(=O)(=O)c2ccccc2C(F)(F)F)c1. The largest absolute Gasteiger partial charge is 0.417 e. The maximum atomic E-state index is 13.8. The summed E-state index contributed by atoms with van der Waals surface area (Å²) in [5.74, 6) is -2.06. The monoisotopic (exact) mass is 613 g/mol. The van der Waals surface area contributed by atoms with E-state index in [1.165, 1.54) is 6.07 Å². The molecule has 1 amide bonds. The molecule has 1 atom stereocenters. The molecule has 1 heterocycles. The number of pyridine rings is 1. The standard InChI is InChI=1S/C27H30F3N3O6S2/c1-19-17-31-14-12-23(19)22-9-7-8-21(16-22)20(2)33(15-6-5-13-32-26(34)18-40(35,36)37)41(38,39)25-11-4-3-10-24(25)27(28,29)30/h3-4,7-12,14,16-17,20H,5-6,13,15,18H2,1-2H3,(H,32,34)(H,35,36,37). The number of benzene rings is 2. The number of sulfonamides is 1. The Labute approximate surface area is 237 Å². The Hall–Kier alpha value is -3.33. The Morgan fingerprint density at radius 3 is 2.41 bits per heavy atom. The molecular formula is C27H30F3N3O6S2. The predicted octanol–water partition coefficient (Wildman–Crippen LogP) is 4.61. The van der Waals surface area contributed by atoms with Crippen molar-refractivity contribution in [3.63, 3.8) is 0 Å². The van der Waals surface area contributed by atoms with Gasteiger partial charge in [0.1, 0.15) is 0 Å². The fraction of sp³-hybridized carbons (Fsp3) is 0.333. The Morgan fingerprint density at radius 1 is 1.05 bits per heavy atom. The van der Waals surface area contributed by atoms with Crippen molar-refractivity contribution in [2.75, 3.05) is 18.8 Å². The highest BCUT2D eigenvalue weighted by molar-refractivity contribution is 7.89. The van der Waals surface area contributed by atoms with E-state index in [-0.39, 0.29) is 25.9 Å². The van der Waals surface area contributed by atoms with Gasteiger partial charge < -0.3 is 5.32 Å². The molecule has 2 aromatic carbocycles. The van der Waals surface area contributed by atoms with Gasteiger partial charge in [0.25, 0.3) is 10.1 Å². The molecule has 0 aliphatic carbocycles. The van der Waals surface area contributed by atoms with Crippen LogP contribution in [-0.4, -0.2) is 55.4 Å². The summed E-state index contributed by atoms with van der Waals surface area (Å²) < 4.78 is 100. The van der Waals surface area contributed by atoms with Crippen LogP contribution in [0.15, 0.2) is 71.9 Å². The van der Waals surface area contributed by atoms with Gasteiger partial charge in [0.05, 0.1) is 10.5 Å². The number of carbonyl (C=O) groups excluding carboxylic acids is 1. The molecule has 0 bridgehead atoms. The molecule has 0 fully saturated rings. The Bertz CT molecular complexity index is 1600. The van der Waals surface area contributed by atoms with E-state index < -0.39 is 54.5 Å². The van der Waals surface area contributed by atoms with Gasteiger partial charge in [-0.25, -0.2) is 8.42 Å². The van der Waals surface area contributed by atoms with E-state index in [1.807, 2.05) is 19.1 Å². The third-order valence-electron chi connectivity index (χ3n) is 6.35. The maximum absolute atomic E-state index is 13.8. The molecule has 0 spiro atoms. The first-order valence-electron chi connectivity index (χ1n) is 12.5. The molecule has 14 heteroatoms. The number of alkyl halides is 3. The minimum absolute atomic E-state index is 0.0352. The average molecular weight is 614 g/mol. The van der Waals surface area contributed by atoms with Crippen LogP contribution in [0.3, 0.4) is 0 Å². The third-order valence-corrected chi connectivity index (χ3v) is 9.01. The second kappa shape index (κ2) is 13.1. The van der Waals surface area contributed by atoms with Crippen LogP contribution in [0.2, 0.25) is 0 Å². The molecule has 222 valence electrons. The molecule has 3 aromatic rings. The molecule has 0 saturated heterocycles. The Kier molecular flexibility index (Phi) is 10.3. The summed E-state index contributed by atoms with van der Waals surface area (Å²) >= 11 is 0. The summed E-state index contributed by atoms with van der Waals surface area (Å²) in [4.78, 5) is 14.8. The molecule has 1 aromatic heterocycles. The number of aryl methyl sites for hydroxylation is 1. The number of rotatable bonds is 12. The topological polar surface area (TPSA) is 134 Å². The molecule has 0 saturated carbocycles. The van der Waals surface area contributed by atoms with Gasteiger partial charge in [-0.2, -0.15) is 25.9 Å². The van der Waals surface area contributed by atoms with E-state index in [1.54, 1.807) is 37.5 Å². The molecule has 0 aliphatic heterocycles. The van der Waals surface area contributed by atoms with Gasteiger partial charge in [-0.05, 0) is 73.2 Å². The number of halogens is 3. The molecule has 41 heavy (non-hydrogen) atoms. The average Bonchev–Trinajstić information content (AvgIpc) is 2.89. The summed E-state index contributed by atoms with van der Waals surface area (Å²) in [6, 6.07) is 12.0. The molecule has 0 aliphatic rings. The third kappa shape index (κ3) is 8.58. The van der Waals surface area contributed by atoms with E-state index in [9.17, 15) is 34.8 Å². The molecular weight excluding hydrogens is 583 g/mol. The Balaban J connectivity index is 1.93. The number of nitrogens with zero attached hydrogens (tertiary/aromatic N) is 2. The van der Waals surface area contributed by atoms with Crippen LogP contribution in [0.4, 0.5) is 13.2 Å². The zero-order chi connectivity index (χ0) is 30.4. The summed E-state index contributed by atoms with van der Waals surface area (Å²) in [5.41, 5.74) is 1.80. The first-order chi connectivity index (χ1) is 19.1. The van der Waals surface area contributed by atoms with E-state index in [4.69, 9.17) is 4.55 Å². The lowest BCUT2D eigenvalue weighted by Gasteiger charge is -2.30. The van der Waals surface area contributed by atoms with Crippen molar-refractivity contribution in [1.82, 2.24) is 14.6 Å². The van der Waals surface area contributed by atoms with Crippen molar-refractivity contribution < 1.29 is 39.4 Å². The van der Waals surface area contributed by atoms with Gasteiger partial charge in [-0.15, -0.1) is 0 Å². The van der Waals surface area contributed by atoms with Crippen molar-refractivity contribution in [1.29, 1.82) is 0 Å². The maximum Gasteiger partial charge on any atom is 0.417 e. The van der Waals surface area contributed by atoms with Crippen LogP contribution in [0.1, 0.15) is 42.5 Å². The number of amides is 1. The molecule has 0 radical (unpaired) electrons. The number of nitrogens with one attached hydrogen (secondary N) is 1. The second-order valence-corrected chi connectivity index (χ2v) is 12.7. The summed E-state index contributed by atoms with van der Waals surface area (Å²) in [7, 11) is -9.18. The van der Waals surface area contributed by atoms with Gasteiger partial charge in [0, 0.05) is 31.5 Å². The molecule has 9 nitrogen and oxygen atoms in total. The molecule has 1 unspecified atom stereocenters. The highest BCUT2D eigenvalue weighted by Gasteiger charge is 2.40. The van der Waals surface area contributed by atoms with E-state index in [2.05, 4.69) is 10.3 Å². The number of unbranched alkanes of at least 4 members (excludes halogenated alkanes) is 1. The van der Waals surface area contributed by atoms with Crippen LogP contribution in [-0.2, 0) is 31.1 Å². The van der Waals surface area contributed by atoms with Gasteiger partial charge in [0.2, 0.25) is 15.9 Å². The van der Waals surface area contributed by atoms with E-state index in [0.717, 1.165) is 33.1 Å². The van der Waals surface area contributed by atoms with Gasteiger partial charge in [-0.3, -0.25) is 14.3 Å². The van der Waals surface area contributed by atoms with Gasteiger partial charge in [0.15, 0.2) is 5.75 Å². The van der Waals surface area contributed by atoms with Crippen molar-refractivity contribution in [3.05, 3.63) is 83.7 Å². The first-order valence-corrected chi connectivity index (χ1v) is 15.6. The quantitative estimate of drug-likeness (QED) is 0.225. The van der Waals surface area contributed by atoms with Crippen molar-refractivity contribution in [3.8, 4) is 11.1 Å². The van der Waals surface area contributed by atoms with Crippen LogP contribution in [0.5, 0.6) is 0 Å². The number of hydrogen-bond donors (Lipinski definition) is 2. The van der Waals surface area contributed by atoms with E-state index >= 15 is 0 Å². The van der Waals surface area contributed by atoms with Gasteiger partial charge >= 0.3 is 6.18 Å². The smallest absolute Gasteiger partial charge is 0.355 e. The summed E-state index contributed by atoms with van der Waals surface area (Å²) in [6.45, 7) is 3.23. The number of aromatic nitrogens is 1. The van der Waals surface area contributed by atoms with Gasteiger partial charge in [-0.1, -0.05) is 30.3 Å². The minimum Gasteiger partial charge on any atom is -0.355 e. The zero-order valence-electron chi connectivity index (χ0n) is 22.3. The summed E-state index contributed by atoms with van der Waals surface area (Å²) in [5, 5.41) is 2.30. The second-order valence-electron chi connectivity index (χ2n) is 9.39. The molecule has 3 rings (SSSR count). The fourth-order valence-corrected chi connectivity index (χ4v) is 6.65. The van der Waals surface area contributed by atoms with Crippen LogP contribution in [0, 0.1) is 6.92 Å². The lowest BCUT2D eigenvalue weighted by Crippen LogP contribution is -2.36. The predicted molar refractivity (Wildman–Crippen MR) is 147 cm³/mol. The number of carbonyl (C=O) groups is 1. The highest BCUT2D eigenvalue weighted by Crippen LogP contribution is 2.38. The van der Waals surface area contributed by atoms with Crippen molar-refractivity contribution in [2.45, 2.75) is 43.8 Å². The highest BCUT2D eigenvalue weighted by atomic mass is 32.2. The van der Waals surface area contributed by atoms with Crippen LogP contribution in [0.25, 0.3) is 11.1 Å².